The fourth-order valence-electron chi connectivity index (χ4n) is 7.04. The zero-order valence-corrected chi connectivity index (χ0v) is 27.3. The van der Waals surface area contributed by atoms with Crippen LogP contribution in [0.2, 0.25) is 0 Å². The number of allylic oxidation sites excluding steroid dienone is 3. The van der Waals surface area contributed by atoms with Crippen molar-refractivity contribution in [2.45, 2.75) is 30.6 Å². The number of aliphatic imine (C=N–C) groups is 1. The first-order valence-corrected chi connectivity index (χ1v) is 17.0. The third-order valence-corrected chi connectivity index (χ3v) is 10.2. The molecule has 11 nitrogen and oxygen atoms in total. The molecule has 0 fully saturated rings. The lowest BCUT2D eigenvalue weighted by Gasteiger charge is -2.36. The molecule has 0 aromatic heterocycles. The number of aliphatic carboxylic acids is 1. The molecule has 13 heteroatoms. The highest BCUT2D eigenvalue weighted by atomic mass is 32.3. The molecule has 49 heavy (non-hydrogen) atoms. The summed E-state index contributed by atoms with van der Waals surface area (Å²) in [6, 6.07) is 10.1. The molecule has 7 rings (SSSR count). The minimum Gasteiger partial charge on any atom is -0.478 e. The second-order valence-electron chi connectivity index (χ2n) is 12.3. The van der Waals surface area contributed by atoms with Gasteiger partial charge in [0.15, 0.2) is 0 Å². The molecule has 3 aliphatic heterocycles. The van der Waals surface area contributed by atoms with Gasteiger partial charge in [-0.1, -0.05) is 6.08 Å². The Morgan fingerprint density at radius 1 is 0.816 bits per heavy atom. The highest BCUT2D eigenvalue weighted by molar-refractivity contribution is 7.86. The predicted molar refractivity (Wildman–Crippen MR) is 180 cm³/mol. The van der Waals surface area contributed by atoms with Crippen LogP contribution in [0.15, 0.2) is 81.7 Å². The van der Waals surface area contributed by atoms with Crippen LogP contribution in [0.4, 0.5) is 15.3 Å². The second kappa shape index (κ2) is 11.8. The first kappa shape index (κ1) is 32.0. The van der Waals surface area contributed by atoms with Gasteiger partial charge in [-0.25, -0.2) is 14.6 Å². The minimum atomic E-state index is -5.24. The molecule has 2 N–H and O–H groups in total. The van der Waals surface area contributed by atoms with Crippen molar-refractivity contribution >= 4 is 50.7 Å². The number of aromatic carboxylic acids is 1. The third kappa shape index (κ3) is 5.49. The first-order chi connectivity index (χ1) is 23.3. The zero-order valence-electron chi connectivity index (χ0n) is 26.5. The zero-order chi connectivity index (χ0) is 34.8. The molecule has 0 saturated heterocycles. The molecule has 4 aliphatic rings. The fraction of sp³-hybridized carbons (Fsp3) is 0.222. The Hall–Kier alpha value is -5.56. The average molecular weight is 684 g/mol. The van der Waals surface area contributed by atoms with Crippen molar-refractivity contribution in [3.63, 3.8) is 0 Å². The number of rotatable bonds is 4. The Balaban J connectivity index is 1.40. The van der Waals surface area contributed by atoms with Gasteiger partial charge in [0, 0.05) is 66.4 Å². The van der Waals surface area contributed by atoms with Crippen molar-refractivity contribution in [3.05, 3.63) is 105 Å². The van der Waals surface area contributed by atoms with Crippen LogP contribution >= 0.6 is 0 Å². The number of hydrogen-bond donors (Lipinski definition) is 2. The van der Waals surface area contributed by atoms with Crippen molar-refractivity contribution in [2.75, 3.05) is 37.0 Å². The van der Waals surface area contributed by atoms with Gasteiger partial charge in [0.25, 0.3) is 5.91 Å². The summed E-state index contributed by atoms with van der Waals surface area (Å²) < 4.78 is 43.0. The van der Waals surface area contributed by atoms with Gasteiger partial charge in [0.05, 0.1) is 27.3 Å². The molecule has 0 unspecified atom stereocenters. The Morgan fingerprint density at radius 3 is 1.94 bits per heavy atom. The SMILES string of the molecule is CN1CCCc2c1ccc1c2Oc2c(ccc3c2CCCN3C)C1=C1C=CC(=NC(=O)c2ccc(S(=O)(=O)F)cc2C(=O)O)C=C1C(=O)O. The van der Waals surface area contributed by atoms with E-state index in [1.807, 2.05) is 38.4 Å². The maximum absolute atomic E-state index is 13.5. The van der Waals surface area contributed by atoms with Crippen LogP contribution in [0, 0.1) is 0 Å². The fourth-order valence-corrected chi connectivity index (χ4v) is 7.53. The molecule has 0 spiro atoms. The lowest BCUT2D eigenvalue weighted by molar-refractivity contribution is -0.132. The standard InChI is InChI=1S/C36H30FN3O8S/c1-39-15-3-5-23-29(39)13-11-25-31(26-12-14-30-24(6-4-16-40(30)2)33(26)48-32(23)25)21-9-7-19(17-27(21)35(42)43)38-34(41)22-10-8-20(49(37,46)47)18-28(22)36(44)45/h7-14,17-18H,3-6,15-16H2,1-2H3,(H,42,43)(H,44,45). The minimum absolute atomic E-state index is 0.0723. The van der Waals surface area contributed by atoms with Gasteiger partial charge < -0.3 is 24.7 Å². The van der Waals surface area contributed by atoms with Crippen LogP contribution in [-0.2, 0) is 27.9 Å². The normalized spacial score (nSPS) is 17.4. The van der Waals surface area contributed by atoms with Gasteiger partial charge in [0.1, 0.15) is 11.5 Å². The van der Waals surface area contributed by atoms with Crippen molar-refractivity contribution in [1.82, 2.24) is 0 Å². The number of halogens is 1. The Kier molecular flexibility index (Phi) is 7.74. The predicted octanol–water partition coefficient (Wildman–Crippen LogP) is 5.58. The Morgan fingerprint density at radius 2 is 1.41 bits per heavy atom. The molecular formula is C36H30FN3O8S. The summed E-state index contributed by atoms with van der Waals surface area (Å²) in [6.07, 6.45) is 7.71. The molecule has 3 heterocycles. The average Bonchev–Trinajstić information content (AvgIpc) is 3.06. The summed E-state index contributed by atoms with van der Waals surface area (Å²) >= 11 is 0. The topological polar surface area (TPSA) is 154 Å². The highest BCUT2D eigenvalue weighted by Gasteiger charge is 2.35. The summed E-state index contributed by atoms with van der Waals surface area (Å²) in [7, 11) is -1.17. The molecular weight excluding hydrogens is 653 g/mol. The van der Waals surface area contributed by atoms with Crippen LogP contribution in [0.5, 0.6) is 11.5 Å². The molecule has 1 aliphatic carbocycles. The number of nitrogens with zero attached hydrogens (tertiary/aromatic N) is 3. The number of carbonyl (C=O) groups excluding carboxylic acids is 1. The number of benzene rings is 3. The highest BCUT2D eigenvalue weighted by Crippen LogP contribution is 2.53. The van der Waals surface area contributed by atoms with E-state index in [1.165, 1.54) is 12.2 Å². The van der Waals surface area contributed by atoms with Gasteiger partial charge in [-0.2, -0.15) is 8.42 Å². The smallest absolute Gasteiger partial charge is 0.336 e. The van der Waals surface area contributed by atoms with Crippen molar-refractivity contribution in [2.24, 2.45) is 4.99 Å². The summed E-state index contributed by atoms with van der Waals surface area (Å²) in [4.78, 5) is 45.3. The largest absolute Gasteiger partial charge is 0.478 e. The lowest BCUT2D eigenvalue weighted by atomic mass is 9.81. The second-order valence-corrected chi connectivity index (χ2v) is 13.7. The summed E-state index contributed by atoms with van der Waals surface area (Å²) in [6.45, 7) is 1.80. The molecule has 0 atom stereocenters. The molecule has 250 valence electrons. The van der Waals surface area contributed by atoms with E-state index in [0.29, 0.717) is 28.7 Å². The molecule has 0 bridgehead atoms. The van der Waals surface area contributed by atoms with Gasteiger partial charge in [-0.05, 0) is 85.9 Å². The maximum Gasteiger partial charge on any atom is 0.336 e. The van der Waals surface area contributed by atoms with E-state index in [4.69, 9.17) is 4.74 Å². The number of hydrogen-bond acceptors (Lipinski definition) is 8. The van der Waals surface area contributed by atoms with Crippen molar-refractivity contribution in [1.29, 1.82) is 0 Å². The van der Waals surface area contributed by atoms with E-state index in [1.54, 1.807) is 6.08 Å². The lowest BCUT2D eigenvalue weighted by Crippen LogP contribution is -2.27. The number of anilines is 2. The Bertz CT molecular complexity index is 2180. The maximum atomic E-state index is 13.5. The summed E-state index contributed by atoms with van der Waals surface area (Å²) in [5.74, 6) is -2.65. The van der Waals surface area contributed by atoms with Crippen molar-refractivity contribution < 1.29 is 41.6 Å². The van der Waals surface area contributed by atoms with Gasteiger partial charge in [-0.15, -0.1) is 3.89 Å². The summed E-state index contributed by atoms with van der Waals surface area (Å²) in [5.41, 5.74) is 5.24. The van der Waals surface area contributed by atoms with Crippen LogP contribution in [0.25, 0.3) is 5.57 Å². The molecule has 1 amide bonds. The third-order valence-electron chi connectivity index (χ3n) is 9.34. The number of ether oxygens (including phenoxy) is 1. The quantitative estimate of drug-likeness (QED) is 0.261. The number of fused-ring (bicyclic) bond motifs is 6. The number of amides is 1. The van der Waals surface area contributed by atoms with E-state index in [-0.39, 0.29) is 11.3 Å². The number of carbonyl (C=O) groups is 3. The van der Waals surface area contributed by atoms with E-state index < -0.39 is 44.1 Å². The van der Waals surface area contributed by atoms with E-state index in [0.717, 1.165) is 84.5 Å². The number of carboxylic acids is 2. The Labute approximate surface area is 281 Å². The van der Waals surface area contributed by atoms with E-state index in [2.05, 4.69) is 14.8 Å². The van der Waals surface area contributed by atoms with E-state index >= 15 is 0 Å². The van der Waals surface area contributed by atoms with Gasteiger partial charge in [-0.3, -0.25) is 4.79 Å². The van der Waals surface area contributed by atoms with Crippen molar-refractivity contribution in [3.8, 4) is 11.5 Å². The van der Waals surface area contributed by atoms with Gasteiger partial charge >= 0.3 is 22.2 Å². The monoisotopic (exact) mass is 683 g/mol. The molecule has 0 radical (unpaired) electrons. The van der Waals surface area contributed by atoms with Crippen LogP contribution in [-0.4, -0.2) is 69.4 Å². The number of carboxylic acid groups (broad SMARTS) is 2. The molecule has 3 aromatic carbocycles. The van der Waals surface area contributed by atoms with Crippen LogP contribution in [0.1, 0.15) is 55.8 Å². The first-order valence-electron chi connectivity index (χ1n) is 15.6. The van der Waals surface area contributed by atoms with E-state index in [9.17, 15) is 36.9 Å². The van der Waals surface area contributed by atoms with Gasteiger partial charge in [0.2, 0.25) is 0 Å². The molecule has 0 saturated carbocycles. The van der Waals surface area contributed by atoms with Crippen LogP contribution < -0.4 is 14.5 Å². The molecule has 3 aromatic rings. The van der Waals surface area contributed by atoms with Crippen LogP contribution in [0.3, 0.4) is 0 Å². The summed E-state index contributed by atoms with van der Waals surface area (Å²) in [5, 5.41) is 20.1.